The Morgan fingerprint density at radius 1 is 0.909 bits per heavy atom. The van der Waals surface area contributed by atoms with Crippen LogP contribution >= 0.6 is 0 Å². The van der Waals surface area contributed by atoms with E-state index in [1.165, 1.54) is 6.07 Å². The smallest absolute Gasteiger partial charge is 0.262 e. The first-order chi connectivity index (χ1) is 15.9. The van der Waals surface area contributed by atoms with E-state index in [4.69, 9.17) is 9.47 Å². The third-order valence-corrected chi connectivity index (χ3v) is 6.77. The van der Waals surface area contributed by atoms with Gasteiger partial charge in [-0.15, -0.1) is 0 Å². The molecule has 3 aromatic carbocycles. The summed E-state index contributed by atoms with van der Waals surface area (Å²) < 4.78 is 38.8. The molecule has 0 amide bonds. The Kier molecular flexibility index (Phi) is 6.37. The molecule has 0 aromatic heterocycles. The highest BCUT2D eigenvalue weighted by atomic mass is 32.2. The number of benzene rings is 3. The van der Waals surface area contributed by atoms with Crippen molar-refractivity contribution < 1.29 is 22.7 Å². The van der Waals surface area contributed by atoms with Gasteiger partial charge >= 0.3 is 0 Å². The van der Waals surface area contributed by atoms with Gasteiger partial charge in [-0.05, 0) is 30.2 Å². The maximum atomic E-state index is 13.2. The summed E-state index contributed by atoms with van der Waals surface area (Å²) in [6, 6.07) is 20.9. The van der Waals surface area contributed by atoms with Gasteiger partial charge in [0.15, 0.2) is 11.5 Å². The summed E-state index contributed by atoms with van der Waals surface area (Å²) >= 11 is 0. The van der Waals surface area contributed by atoms with Gasteiger partial charge in [-0.25, -0.2) is 8.42 Å². The fraction of sp³-hybridized carbons (Fsp3) is 0.160. The molecule has 1 aliphatic heterocycles. The maximum Gasteiger partial charge on any atom is 0.262 e. The van der Waals surface area contributed by atoms with Crippen molar-refractivity contribution in [1.82, 2.24) is 10.0 Å². The quantitative estimate of drug-likeness (QED) is 0.497. The molecule has 0 fully saturated rings. The summed E-state index contributed by atoms with van der Waals surface area (Å²) in [6.07, 6.45) is 0.617. The molecule has 0 radical (unpaired) electrons. The van der Waals surface area contributed by atoms with Crippen molar-refractivity contribution in [3.63, 3.8) is 0 Å². The molecule has 33 heavy (non-hydrogen) atoms. The molecule has 170 valence electrons. The van der Waals surface area contributed by atoms with Gasteiger partial charge in [-0.2, -0.15) is 0 Å². The van der Waals surface area contributed by atoms with E-state index in [2.05, 4.69) is 10.0 Å². The molecule has 0 spiro atoms. The van der Waals surface area contributed by atoms with Crippen LogP contribution in [0.25, 0.3) is 5.70 Å². The van der Waals surface area contributed by atoms with E-state index in [1.807, 2.05) is 18.2 Å². The second-order valence-electron chi connectivity index (χ2n) is 7.41. The standard InChI is InChI=1S/C25H24N2O5S/c1-31-20-13-12-17(16-21(20)32-2)14-15-26-23-19-10-6-7-11-22(19)33(29,30)27-24(23)25(28)18-8-4-3-5-9-18/h3-13,16,26-27H,14-15H2,1-2H3. The average Bonchev–Trinajstić information content (AvgIpc) is 2.85. The van der Waals surface area contributed by atoms with E-state index in [0.717, 1.165) is 5.56 Å². The minimum Gasteiger partial charge on any atom is -0.493 e. The molecule has 8 heteroatoms. The number of Topliss-reactive ketones (excluding diaryl/α,β-unsaturated/α-hetero) is 1. The molecule has 0 bridgehead atoms. The molecule has 0 unspecified atom stereocenters. The molecule has 0 saturated carbocycles. The van der Waals surface area contributed by atoms with Crippen LogP contribution in [0.15, 0.2) is 83.4 Å². The summed E-state index contributed by atoms with van der Waals surface area (Å²) in [4.78, 5) is 13.4. The number of nitrogens with one attached hydrogen (secondary N) is 2. The van der Waals surface area contributed by atoms with Gasteiger partial charge < -0.3 is 14.8 Å². The van der Waals surface area contributed by atoms with Crippen LogP contribution in [0.3, 0.4) is 0 Å². The fourth-order valence-electron chi connectivity index (χ4n) is 3.73. The first-order valence-corrected chi connectivity index (χ1v) is 11.8. The summed E-state index contributed by atoms with van der Waals surface area (Å²) in [5.41, 5.74) is 2.32. The Bertz CT molecular complexity index is 1320. The van der Waals surface area contributed by atoms with Crippen LogP contribution in [-0.4, -0.2) is 35.0 Å². The largest absolute Gasteiger partial charge is 0.493 e. The number of hydrogen-bond acceptors (Lipinski definition) is 6. The van der Waals surface area contributed by atoms with Crippen molar-refractivity contribution >= 4 is 21.5 Å². The molecule has 0 saturated heterocycles. The number of sulfonamides is 1. The van der Waals surface area contributed by atoms with Crippen molar-refractivity contribution in [1.29, 1.82) is 0 Å². The molecule has 1 heterocycles. The molecule has 1 aliphatic rings. The number of rotatable bonds is 8. The van der Waals surface area contributed by atoms with E-state index in [0.29, 0.717) is 41.3 Å². The SMILES string of the molecule is COc1ccc(CCNC2=C(C(=O)c3ccccc3)NS(=O)(=O)c3ccccc32)cc1OC. The second-order valence-corrected chi connectivity index (χ2v) is 9.06. The van der Waals surface area contributed by atoms with Gasteiger partial charge in [0.25, 0.3) is 10.0 Å². The molecule has 2 N–H and O–H groups in total. The highest BCUT2D eigenvalue weighted by Gasteiger charge is 2.32. The minimum absolute atomic E-state index is 0.00668. The second kappa shape index (κ2) is 9.38. The Morgan fingerprint density at radius 2 is 1.61 bits per heavy atom. The van der Waals surface area contributed by atoms with Gasteiger partial charge in [0.2, 0.25) is 5.78 Å². The lowest BCUT2D eigenvalue weighted by Gasteiger charge is -2.25. The van der Waals surface area contributed by atoms with Crippen LogP contribution < -0.4 is 19.5 Å². The first-order valence-electron chi connectivity index (χ1n) is 10.4. The van der Waals surface area contributed by atoms with Gasteiger partial charge in [0, 0.05) is 17.7 Å². The average molecular weight is 465 g/mol. The number of allylic oxidation sites excluding steroid dienone is 1. The molecular formula is C25H24N2O5S. The van der Waals surface area contributed by atoms with Crippen LogP contribution in [0.1, 0.15) is 21.5 Å². The van der Waals surface area contributed by atoms with Crippen molar-refractivity contribution in [2.45, 2.75) is 11.3 Å². The van der Waals surface area contributed by atoms with E-state index in [9.17, 15) is 13.2 Å². The first kappa shape index (κ1) is 22.4. The Hall–Kier alpha value is -3.78. The Morgan fingerprint density at radius 3 is 2.33 bits per heavy atom. The van der Waals surface area contributed by atoms with Crippen LogP contribution in [-0.2, 0) is 16.4 Å². The Labute approximate surface area is 193 Å². The molecule has 7 nitrogen and oxygen atoms in total. The maximum absolute atomic E-state index is 13.2. The summed E-state index contributed by atoms with van der Waals surface area (Å²) in [5, 5.41) is 3.29. The minimum atomic E-state index is -3.87. The molecule has 0 aliphatic carbocycles. The zero-order valence-electron chi connectivity index (χ0n) is 18.3. The highest BCUT2D eigenvalue weighted by molar-refractivity contribution is 7.89. The molecule has 4 rings (SSSR count). The number of ketones is 1. The van der Waals surface area contributed by atoms with Gasteiger partial charge in [0.05, 0.1) is 24.8 Å². The van der Waals surface area contributed by atoms with Crippen molar-refractivity contribution in [2.24, 2.45) is 0 Å². The number of hydrogen-bond donors (Lipinski definition) is 2. The van der Waals surface area contributed by atoms with E-state index in [1.54, 1.807) is 62.8 Å². The summed E-state index contributed by atoms with van der Waals surface area (Å²) in [7, 11) is -0.708. The van der Waals surface area contributed by atoms with Crippen LogP contribution in [0, 0.1) is 0 Å². The third kappa shape index (κ3) is 4.56. The van der Waals surface area contributed by atoms with Crippen LogP contribution in [0.2, 0.25) is 0 Å². The van der Waals surface area contributed by atoms with Crippen molar-refractivity contribution in [2.75, 3.05) is 20.8 Å². The Balaban J connectivity index is 1.67. The topological polar surface area (TPSA) is 93.7 Å². The number of ether oxygens (including phenoxy) is 2. The number of fused-ring (bicyclic) bond motifs is 1. The van der Waals surface area contributed by atoms with Gasteiger partial charge in [0.1, 0.15) is 5.70 Å². The van der Waals surface area contributed by atoms with E-state index in [-0.39, 0.29) is 10.6 Å². The predicted octanol–water partition coefficient (Wildman–Crippen LogP) is 3.38. The lowest BCUT2D eigenvalue weighted by atomic mass is 10.0. The number of carbonyl (C=O) groups is 1. The summed E-state index contributed by atoms with van der Waals surface area (Å²) in [5.74, 6) is 0.871. The van der Waals surface area contributed by atoms with Gasteiger partial charge in [-0.3, -0.25) is 9.52 Å². The van der Waals surface area contributed by atoms with Gasteiger partial charge in [-0.1, -0.05) is 54.6 Å². The third-order valence-electron chi connectivity index (χ3n) is 5.36. The van der Waals surface area contributed by atoms with Crippen molar-refractivity contribution in [3.05, 3.63) is 95.2 Å². The van der Waals surface area contributed by atoms with E-state index >= 15 is 0 Å². The van der Waals surface area contributed by atoms with Crippen LogP contribution in [0.5, 0.6) is 11.5 Å². The normalized spacial score (nSPS) is 14.1. The zero-order valence-corrected chi connectivity index (χ0v) is 19.1. The molecule has 0 atom stereocenters. The van der Waals surface area contributed by atoms with Crippen LogP contribution in [0.4, 0.5) is 0 Å². The number of methoxy groups -OCH3 is 2. The van der Waals surface area contributed by atoms with E-state index < -0.39 is 15.8 Å². The molecule has 3 aromatic rings. The molecular weight excluding hydrogens is 440 g/mol. The number of carbonyl (C=O) groups excluding carboxylic acids is 1. The predicted molar refractivity (Wildman–Crippen MR) is 126 cm³/mol. The lowest BCUT2D eigenvalue weighted by Crippen LogP contribution is -2.36. The lowest BCUT2D eigenvalue weighted by molar-refractivity contribution is 0.103. The highest BCUT2D eigenvalue weighted by Crippen LogP contribution is 2.31. The summed E-state index contributed by atoms with van der Waals surface area (Å²) in [6.45, 7) is 0.465. The zero-order chi connectivity index (χ0) is 23.4. The fourth-order valence-corrected chi connectivity index (χ4v) is 5.02. The monoisotopic (exact) mass is 464 g/mol. The van der Waals surface area contributed by atoms with Crippen molar-refractivity contribution in [3.8, 4) is 11.5 Å².